The molecule has 1 saturated heterocycles. The number of aromatic carboxylic acids is 1. The third kappa shape index (κ3) is 3.91. The highest BCUT2D eigenvalue weighted by Gasteiger charge is 2.33. The Morgan fingerprint density at radius 3 is 2.79 bits per heavy atom. The van der Waals surface area contributed by atoms with Gasteiger partial charge in [0.15, 0.2) is 0 Å². The fourth-order valence-electron chi connectivity index (χ4n) is 3.76. The van der Waals surface area contributed by atoms with Crippen molar-refractivity contribution in [2.75, 3.05) is 18.5 Å². The minimum atomic E-state index is -1.20. The van der Waals surface area contributed by atoms with E-state index in [4.69, 9.17) is 9.84 Å². The molecule has 0 radical (unpaired) electrons. The Morgan fingerprint density at radius 1 is 1.14 bits per heavy atom. The molecule has 1 aromatic heterocycles. The van der Waals surface area contributed by atoms with Crippen molar-refractivity contribution in [2.45, 2.75) is 31.7 Å². The van der Waals surface area contributed by atoms with Crippen molar-refractivity contribution in [3.8, 4) is 5.75 Å². The number of likely N-dealkylation sites (tertiary alicyclic amines) is 1. The van der Waals surface area contributed by atoms with E-state index in [2.05, 4.69) is 10.3 Å². The van der Waals surface area contributed by atoms with Gasteiger partial charge in [-0.25, -0.2) is 9.78 Å². The van der Waals surface area contributed by atoms with Gasteiger partial charge >= 0.3 is 5.97 Å². The molecule has 8 nitrogen and oxygen atoms in total. The van der Waals surface area contributed by atoms with Crippen LogP contribution in [0.25, 0.3) is 0 Å². The standard InChI is InChI=1S/C21H21N3O5/c25-19(22-14-7-8-18-13(12-14)9-11-29-18)17-6-1-2-10-24(17)20(26)15-4-3-5-16(23-15)21(27)28/h3-5,7-8,12,17H,1-2,6,9-11H2,(H,22,25)(H,27,28). The summed E-state index contributed by atoms with van der Waals surface area (Å²) in [5, 5.41) is 12.0. The first kappa shape index (κ1) is 18.9. The molecule has 8 heteroatoms. The molecule has 1 atom stereocenters. The molecule has 0 aliphatic carbocycles. The van der Waals surface area contributed by atoms with E-state index in [0.29, 0.717) is 25.3 Å². The number of hydrogen-bond acceptors (Lipinski definition) is 5. The zero-order chi connectivity index (χ0) is 20.4. The molecule has 29 heavy (non-hydrogen) atoms. The Hall–Kier alpha value is -3.42. The number of amides is 2. The number of benzene rings is 1. The Labute approximate surface area is 167 Å². The molecular weight excluding hydrogens is 374 g/mol. The highest BCUT2D eigenvalue weighted by Crippen LogP contribution is 2.28. The van der Waals surface area contributed by atoms with E-state index in [9.17, 15) is 14.4 Å². The predicted octanol–water partition coefficient (Wildman–Crippen LogP) is 2.35. The van der Waals surface area contributed by atoms with Gasteiger partial charge in [0.25, 0.3) is 5.91 Å². The van der Waals surface area contributed by atoms with Gasteiger partial charge in [-0.05, 0) is 55.2 Å². The Bertz CT molecular complexity index is 975. The number of aromatic nitrogens is 1. The average Bonchev–Trinajstić information content (AvgIpc) is 3.21. The molecule has 2 aliphatic heterocycles. The number of ether oxygens (including phenoxy) is 1. The Balaban J connectivity index is 1.52. The number of nitrogens with one attached hydrogen (secondary N) is 1. The number of carboxylic acid groups (broad SMARTS) is 1. The number of carbonyl (C=O) groups excluding carboxylic acids is 2. The molecule has 0 spiro atoms. The van der Waals surface area contributed by atoms with Gasteiger partial charge in [0, 0.05) is 18.7 Å². The van der Waals surface area contributed by atoms with Crippen molar-refractivity contribution in [3.05, 3.63) is 53.3 Å². The van der Waals surface area contributed by atoms with Crippen molar-refractivity contribution in [1.82, 2.24) is 9.88 Å². The largest absolute Gasteiger partial charge is 0.493 e. The lowest BCUT2D eigenvalue weighted by Gasteiger charge is -2.34. The molecule has 1 fully saturated rings. The van der Waals surface area contributed by atoms with E-state index in [0.717, 1.165) is 30.6 Å². The van der Waals surface area contributed by atoms with Crippen LogP contribution in [0.1, 0.15) is 45.8 Å². The van der Waals surface area contributed by atoms with Crippen LogP contribution in [-0.2, 0) is 11.2 Å². The number of rotatable bonds is 4. The summed E-state index contributed by atoms with van der Waals surface area (Å²) < 4.78 is 5.48. The van der Waals surface area contributed by atoms with Crippen molar-refractivity contribution >= 4 is 23.5 Å². The fraction of sp³-hybridized carbons (Fsp3) is 0.333. The number of fused-ring (bicyclic) bond motifs is 1. The fourth-order valence-corrected chi connectivity index (χ4v) is 3.76. The number of nitrogens with zero attached hydrogens (tertiary/aromatic N) is 2. The number of anilines is 1. The molecule has 150 valence electrons. The molecule has 1 aromatic carbocycles. The summed E-state index contributed by atoms with van der Waals surface area (Å²) in [6.45, 7) is 1.06. The van der Waals surface area contributed by atoms with Crippen LogP contribution in [0.2, 0.25) is 0 Å². The lowest BCUT2D eigenvalue weighted by atomic mass is 10.0. The molecule has 4 rings (SSSR count). The maximum atomic E-state index is 13.0. The minimum Gasteiger partial charge on any atom is -0.493 e. The third-order valence-corrected chi connectivity index (χ3v) is 5.21. The Kier molecular flexibility index (Phi) is 5.16. The number of carbonyl (C=O) groups is 3. The summed E-state index contributed by atoms with van der Waals surface area (Å²) in [5.74, 6) is -1.06. The van der Waals surface area contributed by atoms with Crippen molar-refractivity contribution in [1.29, 1.82) is 0 Å². The zero-order valence-electron chi connectivity index (χ0n) is 15.8. The number of piperidine rings is 1. The second kappa shape index (κ2) is 7.90. The second-order valence-electron chi connectivity index (χ2n) is 7.13. The third-order valence-electron chi connectivity index (χ3n) is 5.21. The van der Waals surface area contributed by atoms with Gasteiger partial charge in [0.2, 0.25) is 5.91 Å². The summed E-state index contributed by atoms with van der Waals surface area (Å²) in [6, 6.07) is 9.17. The molecule has 2 N–H and O–H groups in total. The van der Waals surface area contributed by atoms with E-state index < -0.39 is 17.9 Å². The SMILES string of the molecule is O=C(O)c1cccc(C(=O)N2CCCCC2C(=O)Nc2ccc3c(c2)CCO3)n1. The summed E-state index contributed by atoms with van der Waals surface area (Å²) in [4.78, 5) is 42.5. The lowest BCUT2D eigenvalue weighted by molar-refractivity contribution is -0.121. The summed E-state index contributed by atoms with van der Waals surface area (Å²) in [7, 11) is 0. The van der Waals surface area contributed by atoms with E-state index >= 15 is 0 Å². The van der Waals surface area contributed by atoms with Crippen LogP contribution in [0.5, 0.6) is 5.75 Å². The average molecular weight is 395 g/mol. The molecule has 2 aromatic rings. The zero-order valence-corrected chi connectivity index (χ0v) is 15.8. The smallest absolute Gasteiger partial charge is 0.354 e. The first-order chi connectivity index (χ1) is 14.0. The quantitative estimate of drug-likeness (QED) is 0.823. The van der Waals surface area contributed by atoms with E-state index in [1.54, 1.807) is 6.07 Å². The summed E-state index contributed by atoms with van der Waals surface area (Å²) >= 11 is 0. The van der Waals surface area contributed by atoms with Crippen molar-refractivity contribution in [2.24, 2.45) is 0 Å². The maximum Gasteiger partial charge on any atom is 0.354 e. The van der Waals surface area contributed by atoms with Gasteiger partial charge in [-0.2, -0.15) is 0 Å². The van der Waals surface area contributed by atoms with Crippen molar-refractivity contribution < 1.29 is 24.2 Å². The van der Waals surface area contributed by atoms with Gasteiger partial charge < -0.3 is 20.1 Å². The maximum absolute atomic E-state index is 13.0. The van der Waals surface area contributed by atoms with Gasteiger partial charge in [0.05, 0.1) is 6.61 Å². The van der Waals surface area contributed by atoms with Gasteiger partial charge in [0.1, 0.15) is 23.2 Å². The highest BCUT2D eigenvalue weighted by molar-refractivity contribution is 6.01. The molecule has 0 saturated carbocycles. The Morgan fingerprint density at radius 2 is 1.97 bits per heavy atom. The van der Waals surface area contributed by atoms with Crippen LogP contribution in [0, 0.1) is 0 Å². The minimum absolute atomic E-state index is 0.0271. The van der Waals surface area contributed by atoms with Crippen LogP contribution in [0.15, 0.2) is 36.4 Å². The summed E-state index contributed by atoms with van der Waals surface area (Å²) in [5.41, 5.74) is 1.55. The molecule has 2 amide bonds. The van der Waals surface area contributed by atoms with Crippen LogP contribution in [0.4, 0.5) is 5.69 Å². The van der Waals surface area contributed by atoms with Crippen LogP contribution in [-0.4, -0.2) is 52.0 Å². The highest BCUT2D eigenvalue weighted by atomic mass is 16.5. The van der Waals surface area contributed by atoms with Gasteiger partial charge in [-0.15, -0.1) is 0 Å². The molecule has 0 bridgehead atoms. The second-order valence-corrected chi connectivity index (χ2v) is 7.13. The van der Waals surface area contributed by atoms with Crippen LogP contribution >= 0.6 is 0 Å². The van der Waals surface area contributed by atoms with Gasteiger partial charge in [-0.3, -0.25) is 9.59 Å². The lowest BCUT2D eigenvalue weighted by Crippen LogP contribution is -2.50. The molecule has 1 unspecified atom stereocenters. The number of hydrogen-bond donors (Lipinski definition) is 2. The van der Waals surface area contributed by atoms with Crippen LogP contribution < -0.4 is 10.1 Å². The number of pyridine rings is 1. The molecule has 2 aliphatic rings. The summed E-state index contributed by atoms with van der Waals surface area (Å²) in [6.07, 6.45) is 2.97. The van der Waals surface area contributed by atoms with E-state index in [1.807, 2.05) is 12.1 Å². The topological polar surface area (TPSA) is 109 Å². The first-order valence-corrected chi connectivity index (χ1v) is 9.61. The van der Waals surface area contributed by atoms with E-state index in [1.165, 1.54) is 23.1 Å². The predicted molar refractivity (Wildman–Crippen MR) is 104 cm³/mol. The number of carboxylic acids is 1. The van der Waals surface area contributed by atoms with Gasteiger partial charge in [-0.1, -0.05) is 6.07 Å². The molecular formula is C21H21N3O5. The normalized spacial score (nSPS) is 17.9. The van der Waals surface area contributed by atoms with Crippen LogP contribution in [0.3, 0.4) is 0 Å². The molecule has 3 heterocycles. The van der Waals surface area contributed by atoms with E-state index in [-0.39, 0.29) is 17.3 Å². The monoisotopic (exact) mass is 395 g/mol. The first-order valence-electron chi connectivity index (χ1n) is 9.61. The van der Waals surface area contributed by atoms with Crippen molar-refractivity contribution in [3.63, 3.8) is 0 Å².